The molecular formula is C11H16N4O2. The molecule has 1 rings (SSSR count). The largest absolute Gasteiger partial charge is 0.372 e. The monoisotopic (exact) mass is 236 g/mol. The fourth-order valence-electron chi connectivity index (χ4n) is 1.20. The summed E-state index contributed by atoms with van der Waals surface area (Å²) >= 11 is 0. The Morgan fingerprint density at radius 3 is 2.59 bits per heavy atom. The van der Waals surface area contributed by atoms with E-state index in [1.807, 2.05) is 0 Å². The molecule has 0 spiro atoms. The predicted octanol–water partition coefficient (Wildman–Crippen LogP) is 0.117. The summed E-state index contributed by atoms with van der Waals surface area (Å²) in [5.41, 5.74) is 4.45. The lowest BCUT2D eigenvalue weighted by Crippen LogP contribution is -2.53. The highest BCUT2D eigenvalue weighted by Crippen LogP contribution is 2.12. The van der Waals surface area contributed by atoms with Crippen LogP contribution in [0.1, 0.15) is 24.2 Å². The number of amides is 2. The first-order valence-electron chi connectivity index (χ1n) is 5.13. The molecule has 0 aliphatic carbocycles. The van der Waals surface area contributed by atoms with Crippen molar-refractivity contribution in [1.29, 1.82) is 0 Å². The minimum absolute atomic E-state index is 0.365. The molecule has 0 saturated heterocycles. The first-order chi connectivity index (χ1) is 7.88. The molecule has 0 aliphatic heterocycles. The lowest BCUT2D eigenvalue weighted by Gasteiger charge is -2.22. The van der Waals surface area contributed by atoms with Crippen molar-refractivity contribution >= 4 is 17.6 Å². The number of nitrogens with zero attached hydrogens (tertiary/aromatic N) is 1. The van der Waals surface area contributed by atoms with Crippen LogP contribution in [0, 0.1) is 0 Å². The van der Waals surface area contributed by atoms with Gasteiger partial charge in [-0.3, -0.25) is 9.59 Å². The maximum Gasteiger partial charge on any atom is 0.255 e. The molecule has 1 aromatic heterocycles. The van der Waals surface area contributed by atoms with Gasteiger partial charge in [0.25, 0.3) is 5.91 Å². The third-order valence-electron chi connectivity index (χ3n) is 2.33. The van der Waals surface area contributed by atoms with Gasteiger partial charge in [0.2, 0.25) is 5.91 Å². The molecule has 0 saturated carbocycles. The molecule has 0 atom stereocenters. The van der Waals surface area contributed by atoms with Gasteiger partial charge in [-0.15, -0.1) is 0 Å². The fraction of sp³-hybridized carbons (Fsp3) is 0.364. The highest BCUT2D eigenvalue weighted by molar-refractivity contribution is 6.01. The first kappa shape index (κ1) is 13.0. The number of carbonyl (C=O) groups excluding carboxylic acids is 2. The lowest BCUT2D eigenvalue weighted by atomic mass is 10.0. The van der Waals surface area contributed by atoms with Gasteiger partial charge < -0.3 is 16.4 Å². The van der Waals surface area contributed by atoms with Crippen LogP contribution in [-0.4, -0.2) is 29.4 Å². The Morgan fingerprint density at radius 2 is 2.06 bits per heavy atom. The smallest absolute Gasteiger partial charge is 0.255 e. The third kappa shape index (κ3) is 2.93. The summed E-state index contributed by atoms with van der Waals surface area (Å²) in [6.07, 6.45) is 1.57. The molecule has 0 aromatic carbocycles. The molecule has 0 fully saturated rings. The zero-order valence-electron chi connectivity index (χ0n) is 10.1. The minimum Gasteiger partial charge on any atom is -0.372 e. The van der Waals surface area contributed by atoms with Gasteiger partial charge in [0.1, 0.15) is 11.4 Å². The summed E-state index contributed by atoms with van der Waals surface area (Å²) in [5, 5.41) is 5.36. The normalized spacial score (nSPS) is 10.8. The Morgan fingerprint density at radius 1 is 1.41 bits per heavy atom. The summed E-state index contributed by atoms with van der Waals surface area (Å²) in [6, 6.07) is 3.26. The topological polar surface area (TPSA) is 97.1 Å². The van der Waals surface area contributed by atoms with Crippen LogP contribution in [0.2, 0.25) is 0 Å². The van der Waals surface area contributed by atoms with Gasteiger partial charge >= 0.3 is 0 Å². The van der Waals surface area contributed by atoms with Crippen molar-refractivity contribution in [3.05, 3.63) is 23.9 Å². The van der Waals surface area contributed by atoms with Crippen LogP contribution in [0.4, 0.5) is 5.82 Å². The molecule has 2 amide bonds. The van der Waals surface area contributed by atoms with E-state index in [1.54, 1.807) is 39.2 Å². The number of pyridine rings is 1. The molecule has 0 bridgehead atoms. The number of primary amides is 1. The number of nitrogens with two attached hydrogens (primary N) is 1. The van der Waals surface area contributed by atoms with Crippen molar-refractivity contribution in [2.45, 2.75) is 19.4 Å². The molecule has 4 N–H and O–H groups in total. The minimum atomic E-state index is -1.10. The third-order valence-corrected chi connectivity index (χ3v) is 2.33. The Kier molecular flexibility index (Phi) is 3.67. The van der Waals surface area contributed by atoms with Crippen LogP contribution in [0.5, 0.6) is 0 Å². The van der Waals surface area contributed by atoms with Gasteiger partial charge in [-0.1, -0.05) is 0 Å². The van der Waals surface area contributed by atoms with Gasteiger partial charge in [0, 0.05) is 13.2 Å². The number of hydrogen-bond donors (Lipinski definition) is 3. The van der Waals surface area contributed by atoms with Crippen LogP contribution in [-0.2, 0) is 4.79 Å². The average Bonchev–Trinajstić information content (AvgIpc) is 2.28. The number of nitrogens with one attached hydrogen (secondary N) is 2. The lowest BCUT2D eigenvalue weighted by molar-refractivity contribution is -0.122. The quantitative estimate of drug-likeness (QED) is 0.691. The van der Waals surface area contributed by atoms with Gasteiger partial charge in [-0.2, -0.15) is 0 Å². The standard InChI is InChI=1S/C11H16N4O2/c1-11(2,10(12)17)15-9(16)7-5-4-6-14-8(7)13-3/h4-6H,1-3H3,(H2,12,17)(H,13,14)(H,15,16). The Hall–Kier alpha value is -2.11. The summed E-state index contributed by atoms with van der Waals surface area (Å²) in [5.74, 6) is -0.544. The number of rotatable bonds is 4. The van der Waals surface area contributed by atoms with Crippen molar-refractivity contribution in [3.8, 4) is 0 Å². The zero-order valence-corrected chi connectivity index (χ0v) is 10.1. The summed E-state index contributed by atoms with van der Waals surface area (Å²) < 4.78 is 0. The van der Waals surface area contributed by atoms with E-state index in [-0.39, 0.29) is 0 Å². The Balaban J connectivity index is 2.94. The first-order valence-corrected chi connectivity index (χ1v) is 5.13. The molecule has 0 radical (unpaired) electrons. The zero-order chi connectivity index (χ0) is 13.1. The fourth-order valence-corrected chi connectivity index (χ4v) is 1.20. The molecule has 6 heteroatoms. The summed E-state index contributed by atoms with van der Waals surface area (Å²) in [4.78, 5) is 27.1. The van der Waals surface area contributed by atoms with Crippen molar-refractivity contribution in [2.75, 3.05) is 12.4 Å². The van der Waals surface area contributed by atoms with E-state index in [0.717, 1.165) is 0 Å². The SMILES string of the molecule is CNc1ncccc1C(=O)NC(C)(C)C(N)=O. The molecule has 17 heavy (non-hydrogen) atoms. The molecule has 1 heterocycles. The van der Waals surface area contributed by atoms with E-state index < -0.39 is 17.4 Å². The molecule has 0 unspecified atom stereocenters. The maximum absolute atomic E-state index is 11.9. The van der Waals surface area contributed by atoms with Crippen LogP contribution in [0.25, 0.3) is 0 Å². The molecule has 0 aliphatic rings. The Labute approximate surface area is 99.6 Å². The van der Waals surface area contributed by atoms with Gasteiger partial charge in [-0.25, -0.2) is 4.98 Å². The molecule has 6 nitrogen and oxygen atoms in total. The van der Waals surface area contributed by atoms with E-state index in [1.165, 1.54) is 0 Å². The second kappa shape index (κ2) is 4.82. The second-order valence-corrected chi connectivity index (χ2v) is 4.09. The number of aromatic nitrogens is 1. The van der Waals surface area contributed by atoms with Crippen molar-refractivity contribution in [2.24, 2.45) is 5.73 Å². The Bertz CT molecular complexity index is 443. The van der Waals surface area contributed by atoms with Crippen LogP contribution in [0.3, 0.4) is 0 Å². The van der Waals surface area contributed by atoms with E-state index in [0.29, 0.717) is 11.4 Å². The predicted molar refractivity (Wildman–Crippen MR) is 64.5 cm³/mol. The van der Waals surface area contributed by atoms with E-state index >= 15 is 0 Å². The number of hydrogen-bond acceptors (Lipinski definition) is 4. The van der Waals surface area contributed by atoms with E-state index in [2.05, 4.69) is 15.6 Å². The van der Waals surface area contributed by atoms with Crippen LogP contribution in [0.15, 0.2) is 18.3 Å². The van der Waals surface area contributed by atoms with Crippen molar-refractivity contribution in [1.82, 2.24) is 10.3 Å². The van der Waals surface area contributed by atoms with Gasteiger partial charge in [0.15, 0.2) is 0 Å². The molecule has 92 valence electrons. The molecular weight excluding hydrogens is 220 g/mol. The highest BCUT2D eigenvalue weighted by Gasteiger charge is 2.28. The molecule has 1 aromatic rings. The van der Waals surface area contributed by atoms with E-state index in [4.69, 9.17) is 5.73 Å². The average molecular weight is 236 g/mol. The number of anilines is 1. The second-order valence-electron chi connectivity index (χ2n) is 4.09. The van der Waals surface area contributed by atoms with Gasteiger partial charge in [-0.05, 0) is 26.0 Å². The summed E-state index contributed by atoms with van der Waals surface area (Å²) in [7, 11) is 1.67. The van der Waals surface area contributed by atoms with Gasteiger partial charge in [0.05, 0.1) is 5.56 Å². The highest BCUT2D eigenvalue weighted by atomic mass is 16.2. The van der Waals surface area contributed by atoms with E-state index in [9.17, 15) is 9.59 Å². The van der Waals surface area contributed by atoms with Crippen molar-refractivity contribution < 1.29 is 9.59 Å². The van der Waals surface area contributed by atoms with Crippen LogP contribution >= 0.6 is 0 Å². The van der Waals surface area contributed by atoms with Crippen molar-refractivity contribution in [3.63, 3.8) is 0 Å². The maximum atomic E-state index is 11.9. The van der Waals surface area contributed by atoms with Crippen LogP contribution < -0.4 is 16.4 Å². The summed E-state index contributed by atoms with van der Waals surface area (Å²) in [6.45, 7) is 3.09. The number of carbonyl (C=O) groups is 2.